The largest absolute Gasteiger partial charge is 0.462 e. The van der Waals surface area contributed by atoms with Gasteiger partial charge in [0.1, 0.15) is 17.1 Å². The Bertz CT molecular complexity index is 839. The number of aryl methyl sites for hydroxylation is 1. The van der Waals surface area contributed by atoms with Crippen LogP contribution in [0.15, 0.2) is 22.6 Å². The molecule has 0 aliphatic heterocycles. The first-order valence-electron chi connectivity index (χ1n) is 7.34. The number of hydrogen-bond donors (Lipinski definition) is 1. The molecule has 2 aromatic rings. The van der Waals surface area contributed by atoms with E-state index in [1.807, 2.05) is 0 Å². The summed E-state index contributed by atoms with van der Waals surface area (Å²) < 4.78 is 24.1. The molecule has 2 rings (SSSR count). The number of Topliss-reactive ketones (excluding diaryl/α,β-unsaturated/α-hetero) is 1. The van der Waals surface area contributed by atoms with Crippen LogP contribution in [-0.2, 0) is 4.74 Å². The van der Waals surface area contributed by atoms with E-state index in [1.165, 1.54) is 26.0 Å². The Kier molecular flexibility index (Phi) is 5.58. The van der Waals surface area contributed by atoms with Gasteiger partial charge in [-0.1, -0.05) is 17.7 Å². The van der Waals surface area contributed by atoms with Gasteiger partial charge in [0.15, 0.2) is 5.78 Å². The quantitative estimate of drug-likeness (QED) is 0.637. The smallest absolute Gasteiger partial charge is 0.344 e. The van der Waals surface area contributed by atoms with Crippen molar-refractivity contribution in [3.8, 4) is 0 Å². The number of amides is 1. The molecule has 0 saturated carbocycles. The molecule has 1 N–H and O–H groups in total. The van der Waals surface area contributed by atoms with E-state index >= 15 is 0 Å². The Morgan fingerprint density at radius 2 is 1.92 bits per heavy atom. The van der Waals surface area contributed by atoms with E-state index in [2.05, 4.69) is 5.32 Å². The molecule has 132 valence electrons. The molecule has 1 amide bonds. The second kappa shape index (κ2) is 7.48. The number of halogens is 2. The third kappa shape index (κ3) is 3.71. The van der Waals surface area contributed by atoms with Crippen LogP contribution in [0.1, 0.15) is 50.7 Å². The van der Waals surface area contributed by atoms with Crippen LogP contribution < -0.4 is 5.32 Å². The van der Waals surface area contributed by atoms with Crippen molar-refractivity contribution in [1.82, 2.24) is 0 Å². The Labute approximate surface area is 147 Å². The van der Waals surface area contributed by atoms with E-state index in [0.29, 0.717) is 0 Å². The molecule has 0 fully saturated rings. The zero-order valence-corrected chi connectivity index (χ0v) is 14.5. The maximum atomic E-state index is 13.9. The van der Waals surface area contributed by atoms with Gasteiger partial charge in [-0.2, -0.15) is 0 Å². The summed E-state index contributed by atoms with van der Waals surface area (Å²) in [6.45, 7) is 4.37. The number of esters is 1. The molecule has 1 aromatic carbocycles. The van der Waals surface area contributed by atoms with Crippen molar-refractivity contribution in [1.29, 1.82) is 0 Å². The van der Waals surface area contributed by atoms with Gasteiger partial charge >= 0.3 is 5.97 Å². The van der Waals surface area contributed by atoms with Crippen LogP contribution in [-0.4, -0.2) is 24.3 Å². The van der Waals surface area contributed by atoms with Crippen molar-refractivity contribution in [3.05, 3.63) is 51.5 Å². The molecule has 0 saturated heterocycles. The number of furan rings is 1. The maximum absolute atomic E-state index is 13.9. The van der Waals surface area contributed by atoms with Crippen LogP contribution in [0.3, 0.4) is 0 Å². The maximum Gasteiger partial charge on any atom is 0.344 e. The predicted octanol–water partition coefficient (Wildman–Crippen LogP) is 4.01. The van der Waals surface area contributed by atoms with Crippen molar-refractivity contribution in [2.24, 2.45) is 0 Å². The van der Waals surface area contributed by atoms with Gasteiger partial charge in [-0.3, -0.25) is 14.9 Å². The van der Waals surface area contributed by atoms with E-state index in [4.69, 9.17) is 20.8 Å². The van der Waals surface area contributed by atoms with Gasteiger partial charge in [0.05, 0.1) is 22.8 Å². The highest BCUT2D eigenvalue weighted by atomic mass is 35.5. The topological polar surface area (TPSA) is 85.6 Å². The molecule has 0 aliphatic carbocycles. The van der Waals surface area contributed by atoms with E-state index in [-0.39, 0.29) is 34.4 Å². The highest BCUT2D eigenvalue weighted by Crippen LogP contribution is 2.30. The van der Waals surface area contributed by atoms with Crippen LogP contribution in [0.4, 0.5) is 10.3 Å². The summed E-state index contributed by atoms with van der Waals surface area (Å²) in [6, 6.07) is 3.77. The Balaban J connectivity index is 2.49. The van der Waals surface area contributed by atoms with Crippen molar-refractivity contribution in [2.45, 2.75) is 20.8 Å². The number of nitrogens with one attached hydrogen (secondary N) is 1. The Morgan fingerprint density at radius 1 is 1.24 bits per heavy atom. The standard InChI is InChI=1S/C17H15ClFNO5/c1-4-24-17(23)14-12(8(2)21)9(3)25-16(14)20-15(22)13-10(18)6-5-7-11(13)19/h5-7H,4H2,1-3H3,(H,20,22). The fraction of sp³-hybridized carbons (Fsp3) is 0.235. The van der Waals surface area contributed by atoms with E-state index < -0.39 is 29.0 Å². The van der Waals surface area contributed by atoms with Crippen LogP contribution >= 0.6 is 11.6 Å². The predicted molar refractivity (Wildman–Crippen MR) is 88.8 cm³/mol. The first-order chi connectivity index (χ1) is 11.8. The number of carbonyl (C=O) groups excluding carboxylic acids is 3. The molecule has 1 heterocycles. The molecular weight excluding hydrogens is 353 g/mol. The Hall–Kier alpha value is -2.67. The minimum Gasteiger partial charge on any atom is -0.462 e. The first-order valence-corrected chi connectivity index (χ1v) is 7.72. The van der Waals surface area contributed by atoms with Gasteiger partial charge in [0.25, 0.3) is 5.91 Å². The van der Waals surface area contributed by atoms with Crippen LogP contribution in [0.25, 0.3) is 0 Å². The third-order valence-electron chi connectivity index (χ3n) is 3.33. The van der Waals surface area contributed by atoms with Gasteiger partial charge in [-0.05, 0) is 32.9 Å². The molecule has 0 atom stereocenters. The first kappa shape index (κ1) is 18.7. The Morgan fingerprint density at radius 3 is 2.48 bits per heavy atom. The molecular formula is C17H15ClFNO5. The van der Waals surface area contributed by atoms with Crippen LogP contribution in [0.2, 0.25) is 5.02 Å². The molecule has 0 unspecified atom stereocenters. The van der Waals surface area contributed by atoms with Gasteiger partial charge < -0.3 is 9.15 Å². The normalized spacial score (nSPS) is 10.4. The average Bonchev–Trinajstić information content (AvgIpc) is 2.83. The summed E-state index contributed by atoms with van der Waals surface area (Å²) in [5, 5.41) is 2.17. The highest BCUT2D eigenvalue weighted by molar-refractivity contribution is 6.34. The summed E-state index contributed by atoms with van der Waals surface area (Å²) in [6.07, 6.45) is 0. The van der Waals surface area contributed by atoms with Crippen LogP contribution in [0, 0.1) is 12.7 Å². The minimum absolute atomic E-state index is 0.00613. The number of anilines is 1. The minimum atomic E-state index is -0.919. The van der Waals surface area contributed by atoms with Gasteiger partial charge in [-0.15, -0.1) is 0 Å². The summed E-state index contributed by atoms with van der Waals surface area (Å²) in [4.78, 5) is 36.3. The van der Waals surface area contributed by atoms with Crippen LogP contribution in [0.5, 0.6) is 0 Å². The van der Waals surface area contributed by atoms with Gasteiger partial charge in [0, 0.05) is 0 Å². The zero-order valence-electron chi connectivity index (χ0n) is 13.7. The molecule has 1 aromatic heterocycles. The van der Waals surface area contributed by atoms with Gasteiger partial charge in [-0.25, -0.2) is 9.18 Å². The molecule has 8 heteroatoms. The molecule has 0 radical (unpaired) electrons. The summed E-state index contributed by atoms with van der Waals surface area (Å²) in [5.41, 5.74) is -0.626. The number of carbonyl (C=O) groups is 3. The van der Waals surface area contributed by atoms with Gasteiger partial charge in [0.2, 0.25) is 5.88 Å². The monoisotopic (exact) mass is 367 g/mol. The number of rotatable bonds is 5. The van der Waals surface area contributed by atoms with Crippen molar-refractivity contribution >= 4 is 35.1 Å². The second-order valence-corrected chi connectivity index (χ2v) is 5.47. The number of hydrogen-bond acceptors (Lipinski definition) is 5. The molecule has 0 aliphatic rings. The van der Waals surface area contributed by atoms with E-state index in [1.54, 1.807) is 6.92 Å². The fourth-order valence-corrected chi connectivity index (χ4v) is 2.58. The summed E-state index contributed by atoms with van der Waals surface area (Å²) in [5.74, 6) is -3.19. The number of ketones is 1. The lowest BCUT2D eigenvalue weighted by Crippen LogP contribution is -2.17. The van der Waals surface area contributed by atoms with E-state index in [0.717, 1.165) is 6.07 Å². The highest BCUT2D eigenvalue weighted by Gasteiger charge is 2.29. The zero-order chi connectivity index (χ0) is 18.7. The number of ether oxygens (including phenoxy) is 1. The molecule has 6 nitrogen and oxygen atoms in total. The molecule has 0 bridgehead atoms. The van der Waals surface area contributed by atoms with Crippen molar-refractivity contribution in [3.63, 3.8) is 0 Å². The van der Waals surface area contributed by atoms with Crippen molar-refractivity contribution < 1.29 is 27.9 Å². The van der Waals surface area contributed by atoms with Crippen molar-refractivity contribution in [2.75, 3.05) is 11.9 Å². The second-order valence-electron chi connectivity index (χ2n) is 5.06. The lowest BCUT2D eigenvalue weighted by Gasteiger charge is -2.08. The third-order valence-corrected chi connectivity index (χ3v) is 3.65. The number of benzene rings is 1. The summed E-state index contributed by atoms with van der Waals surface area (Å²) >= 11 is 5.85. The molecule has 25 heavy (non-hydrogen) atoms. The lowest BCUT2D eigenvalue weighted by molar-refractivity contribution is 0.0524. The van der Waals surface area contributed by atoms with E-state index in [9.17, 15) is 18.8 Å². The average molecular weight is 368 g/mol. The SMILES string of the molecule is CCOC(=O)c1c(NC(=O)c2c(F)cccc2Cl)oc(C)c1C(C)=O. The molecule has 0 spiro atoms. The summed E-state index contributed by atoms with van der Waals surface area (Å²) in [7, 11) is 0. The lowest BCUT2D eigenvalue weighted by atomic mass is 10.1. The fourth-order valence-electron chi connectivity index (χ4n) is 2.34.